The minimum absolute atomic E-state index is 0.552. The summed E-state index contributed by atoms with van der Waals surface area (Å²) in [6.07, 6.45) is 0. The van der Waals surface area contributed by atoms with Crippen LogP contribution < -0.4 is 16.4 Å². The Kier molecular flexibility index (Phi) is 4.94. The maximum absolute atomic E-state index is 5.72. The lowest BCUT2D eigenvalue weighted by Gasteiger charge is -2.26. The molecule has 0 aromatic heterocycles. The van der Waals surface area contributed by atoms with Crippen molar-refractivity contribution in [1.29, 1.82) is 0 Å². The molecule has 0 aliphatic carbocycles. The van der Waals surface area contributed by atoms with Crippen molar-refractivity contribution in [3.05, 3.63) is 89.5 Å². The summed E-state index contributed by atoms with van der Waals surface area (Å²) in [6.45, 7) is 3.20. The standard InChI is InChI=1S/C21H23N3/c1-16-2-8-19(9-3-16)24(20-10-4-17(14-22)5-11-20)21-12-6-18(15-23)7-13-21/h2-13H,14-15,22-23H2,1H3. The van der Waals surface area contributed by atoms with Gasteiger partial charge in [0.1, 0.15) is 0 Å². The van der Waals surface area contributed by atoms with E-state index in [2.05, 4.69) is 84.6 Å². The molecule has 0 bridgehead atoms. The molecule has 0 aliphatic rings. The van der Waals surface area contributed by atoms with Crippen molar-refractivity contribution in [2.24, 2.45) is 11.5 Å². The lowest BCUT2D eigenvalue weighted by Crippen LogP contribution is -2.10. The van der Waals surface area contributed by atoms with Gasteiger partial charge in [0.25, 0.3) is 0 Å². The van der Waals surface area contributed by atoms with Crippen molar-refractivity contribution in [2.75, 3.05) is 4.90 Å². The van der Waals surface area contributed by atoms with Crippen LogP contribution in [-0.4, -0.2) is 0 Å². The molecular formula is C21H23N3. The Bertz CT molecular complexity index is 727. The van der Waals surface area contributed by atoms with Crippen LogP contribution in [0.2, 0.25) is 0 Å². The lowest BCUT2D eigenvalue weighted by molar-refractivity contribution is 1.07. The molecular weight excluding hydrogens is 294 g/mol. The summed E-state index contributed by atoms with van der Waals surface area (Å²) in [5.41, 5.74) is 18.3. The first-order chi connectivity index (χ1) is 11.7. The van der Waals surface area contributed by atoms with E-state index in [-0.39, 0.29) is 0 Å². The molecule has 0 saturated carbocycles. The van der Waals surface area contributed by atoms with E-state index in [9.17, 15) is 0 Å². The summed E-state index contributed by atoms with van der Waals surface area (Å²) in [5, 5.41) is 0. The van der Waals surface area contributed by atoms with Crippen LogP contribution in [0.4, 0.5) is 17.1 Å². The number of hydrogen-bond acceptors (Lipinski definition) is 3. The summed E-state index contributed by atoms with van der Waals surface area (Å²) in [7, 11) is 0. The number of anilines is 3. The van der Waals surface area contributed by atoms with Crippen LogP contribution in [0.15, 0.2) is 72.8 Å². The molecule has 3 aromatic rings. The molecule has 24 heavy (non-hydrogen) atoms. The fraction of sp³-hybridized carbons (Fsp3) is 0.143. The van der Waals surface area contributed by atoms with Crippen LogP contribution in [0, 0.1) is 6.92 Å². The molecule has 0 amide bonds. The fourth-order valence-corrected chi connectivity index (χ4v) is 2.70. The second kappa shape index (κ2) is 7.30. The van der Waals surface area contributed by atoms with Crippen molar-refractivity contribution in [3.63, 3.8) is 0 Å². The SMILES string of the molecule is Cc1ccc(N(c2ccc(CN)cc2)c2ccc(CN)cc2)cc1. The van der Waals surface area contributed by atoms with E-state index in [1.807, 2.05) is 0 Å². The first kappa shape index (κ1) is 16.2. The number of nitrogens with zero attached hydrogens (tertiary/aromatic N) is 1. The second-order valence-electron chi connectivity index (χ2n) is 5.91. The number of nitrogens with two attached hydrogens (primary N) is 2. The number of aryl methyl sites for hydroxylation is 1. The largest absolute Gasteiger partial charge is 0.326 e. The molecule has 0 heterocycles. The van der Waals surface area contributed by atoms with Gasteiger partial charge < -0.3 is 16.4 Å². The quantitative estimate of drug-likeness (QED) is 0.734. The van der Waals surface area contributed by atoms with Crippen molar-refractivity contribution in [1.82, 2.24) is 0 Å². The van der Waals surface area contributed by atoms with Gasteiger partial charge in [-0.15, -0.1) is 0 Å². The van der Waals surface area contributed by atoms with E-state index < -0.39 is 0 Å². The zero-order valence-electron chi connectivity index (χ0n) is 13.9. The first-order valence-electron chi connectivity index (χ1n) is 8.16. The van der Waals surface area contributed by atoms with E-state index in [0.717, 1.165) is 28.2 Å². The van der Waals surface area contributed by atoms with Gasteiger partial charge in [-0.2, -0.15) is 0 Å². The minimum atomic E-state index is 0.552. The Balaban J connectivity index is 2.06. The Hall–Kier alpha value is -2.62. The highest BCUT2D eigenvalue weighted by molar-refractivity contribution is 5.76. The van der Waals surface area contributed by atoms with Crippen LogP contribution >= 0.6 is 0 Å². The monoisotopic (exact) mass is 317 g/mol. The highest BCUT2D eigenvalue weighted by Gasteiger charge is 2.12. The Morgan fingerprint density at radius 2 is 0.917 bits per heavy atom. The van der Waals surface area contributed by atoms with Gasteiger partial charge in [-0.25, -0.2) is 0 Å². The molecule has 3 rings (SSSR count). The lowest BCUT2D eigenvalue weighted by atomic mass is 10.1. The summed E-state index contributed by atoms with van der Waals surface area (Å²) < 4.78 is 0. The maximum Gasteiger partial charge on any atom is 0.0461 e. The third kappa shape index (κ3) is 3.48. The third-order valence-corrected chi connectivity index (χ3v) is 4.15. The Morgan fingerprint density at radius 3 is 1.25 bits per heavy atom. The van der Waals surface area contributed by atoms with Gasteiger partial charge >= 0.3 is 0 Å². The predicted molar refractivity (Wildman–Crippen MR) is 102 cm³/mol. The summed E-state index contributed by atoms with van der Waals surface area (Å²) in [6, 6.07) is 25.3. The van der Waals surface area contributed by atoms with E-state index in [4.69, 9.17) is 11.5 Å². The Morgan fingerprint density at radius 1 is 0.583 bits per heavy atom. The predicted octanol–water partition coefficient (Wildman–Crippen LogP) is 4.38. The average Bonchev–Trinajstić information content (AvgIpc) is 2.64. The van der Waals surface area contributed by atoms with Crippen LogP contribution in [0.25, 0.3) is 0 Å². The van der Waals surface area contributed by atoms with E-state index in [1.165, 1.54) is 5.56 Å². The van der Waals surface area contributed by atoms with Crippen LogP contribution in [-0.2, 0) is 13.1 Å². The van der Waals surface area contributed by atoms with E-state index in [0.29, 0.717) is 13.1 Å². The van der Waals surface area contributed by atoms with Gasteiger partial charge in [-0.1, -0.05) is 42.0 Å². The summed E-state index contributed by atoms with van der Waals surface area (Å²) >= 11 is 0. The van der Waals surface area contributed by atoms with Crippen molar-refractivity contribution >= 4 is 17.1 Å². The van der Waals surface area contributed by atoms with Gasteiger partial charge in [0, 0.05) is 30.2 Å². The molecule has 3 nitrogen and oxygen atoms in total. The zero-order valence-corrected chi connectivity index (χ0v) is 13.9. The summed E-state index contributed by atoms with van der Waals surface area (Å²) in [5.74, 6) is 0. The highest BCUT2D eigenvalue weighted by atomic mass is 15.1. The summed E-state index contributed by atoms with van der Waals surface area (Å²) in [4.78, 5) is 2.24. The fourth-order valence-electron chi connectivity index (χ4n) is 2.70. The Labute approximate surface area is 143 Å². The zero-order chi connectivity index (χ0) is 16.9. The number of benzene rings is 3. The maximum atomic E-state index is 5.72. The smallest absolute Gasteiger partial charge is 0.0461 e. The molecule has 3 aromatic carbocycles. The van der Waals surface area contributed by atoms with Crippen LogP contribution in [0.5, 0.6) is 0 Å². The van der Waals surface area contributed by atoms with Crippen molar-refractivity contribution in [3.8, 4) is 0 Å². The normalized spacial score (nSPS) is 10.6. The van der Waals surface area contributed by atoms with Gasteiger partial charge in [0.15, 0.2) is 0 Å². The van der Waals surface area contributed by atoms with Crippen molar-refractivity contribution < 1.29 is 0 Å². The van der Waals surface area contributed by atoms with Crippen LogP contribution in [0.3, 0.4) is 0 Å². The number of hydrogen-bond donors (Lipinski definition) is 2. The molecule has 3 heteroatoms. The van der Waals surface area contributed by atoms with Gasteiger partial charge in [0.05, 0.1) is 0 Å². The third-order valence-electron chi connectivity index (χ3n) is 4.15. The average molecular weight is 317 g/mol. The molecule has 0 atom stereocenters. The second-order valence-corrected chi connectivity index (χ2v) is 5.91. The molecule has 0 fully saturated rings. The molecule has 0 radical (unpaired) electrons. The van der Waals surface area contributed by atoms with Crippen molar-refractivity contribution in [2.45, 2.75) is 20.0 Å². The molecule has 0 spiro atoms. The molecule has 122 valence electrons. The van der Waals surface area contributed by atoms with Crippen LogP contribution in [0.1, 0.15) is 16.7 Å². The number of rotatable bonds is 5. The molecule has 0 unspecified atom stereocenters. The van der Waals surface area contributed by atoms with E-state index in [1.54, 1.807) is 0 Å². The van der Waals surface area contributed by atoms with Gasteiger partial charge in [-0.05, 0) is 54.4 Å². The molecule has 0 aliphatic heterocycles. The highest BCUT2D eigenvalue weighted by Crippen LogP contribution is 2.34. The topological polar surface area (TPSA) is 55.3 Å². The first-order valence-corrected chi connectivity index (χ1v) is 8.16. The minimum Gasteiger partial charge on any atom is -0.326 e. The van der Waals surface area contributed by atoms with Gasteiger partial charge in [-0.3, -0.25) is 0 Å². The van der Waals surface area contributed by atoms with Gasteiger partial charge in [0.2, 0.25) is 0 Å². The van der Waals surface area contributed by atoms with E-state index >= 15 is 0 Å². The molecule has 4 N–H and O–H groups in total. The molecule has 0 saturated heterocycles.